The number of hydrogen-bond acceptors (Lipinski definition) is 14. The fourth-order valence-electron chi connectivity index (χ4n) is 9.18. The van der Waals surface area contributed by atoms with E-state index in [2.05, 4.69) is 69.2 Å². The van der Waals surface area contributed by atoms with Crippen molar-refractivity contribution in [2.45, 2.75) is 229 Å². The highest BCUT2D eigenvalue weighted by Gasteiger charge is 2.17. The summed E-state index contributed by atoms with van der Waals surface area (Å²) in [5, 5.41) is 8.57. The lowest BCUT2D eigenvalue weighted by Gasteiger charge is -2.21. The molecule has 0 aromatic rings. The Morgan fingerprint density at radius 1 is 0.295 bits per heavy atom. The molecule has 462 valence electrons. The Balaban J connectivity index is 4.44. The van der Waals surface area contributed by atoms with Crippen molar-refractivity contribution in [1.82, 2.24) is 0 Å². The molecule has 0 aromatic carbocycles. The van der Waals surface area contributed by atoms with Crippen molar-refractivity contribution >= 4 is 23.9 Å². The average molecular weight is 1120 g/mol. The molecule has 7 unspecified atom stereocenters. The molecule has 0 saturated heterocycles. The Labute approximate surface area is 476 Å². The summed E-state index contributed by atoms with van der Waals surface area (Å²) in [5.41, 5.74) is 0. The molecule has 15 heteroatoms. The predicted octanol–water partition coefficient (Wildman–Crippen LogP) is 13.7. The largest absolute Gasteiger partial charge is 0.481 e. The number of carbonyl (C=O) groups excluding carboxylic acids is 3. The summed E-state index contributed by atoms with van der Waals surface area (Å²) < 4.78 is 55.4. The zero-order valence-corrected chi connectivity index (χ0v) is 51.6. The number of hydrogen-bond donors (Lipinski definition) is 1. The van der Waals surface area contributed by atoms with Gasteiger partial charge in [0.25, 0.3) is 0 Å². The van der Waals surface area contributed by atoms with E-state index in [0.29, 0.717) is 84.5 Å². The third-order valence-electron chi connectivity index (χ3n) is 14.5. The van der Waals surface area contributed by atoms with Gasteiger partial charge >= 0.3 is 23.9 Å². The highest BCUT2D eigenvalue weighted by atomic mass is 16.6. The number of rotatable bonds is 59. The highest BCUT2D eigenvalue weighted by Crippen LogP contribution is 2.25. The van der Waals surface area contributed by atoms with E-state index in [9.17, 15) is 19.2 Å². The third kappa shape index (κ3) is 55.5. The summed E-state index contributed by atoms with van der Waals surface area (Å²) in [5.74, 6) is 3.39. The van der Waals surface area contributed by atoms with Crippen molar-refractivity contribution in [3.8, 4) is 0 Å². The van der Waals surface area contributed by atoms with Gasteiger partial charge in [-0.15, -0.1) is 0 Å². The van der Waals surface area contributed by atoms with E-state index in [1.165, 1.54) is 116 Å². The number of ether oxygens (including phenoxy) is 10. The van der Waals surface area contributed by atoms with E-state index in [1.807, 2.05) is 0 Å². The molecular weight excluding hydrogens is 997 g/mol. The van der Waals surface area contributed by atoms with E-state index in [4.69, 9.17) is 52.5 Å². The zero-order chi connectivity index (χ0) is 57.9. The molecule has 1 N–H and O–H groups in total. The first-order valence-corrected chi connectivity index (χ1v) is 31.2. The maximum absolute atomic E-state index is 12.8. The smallest absolute Gasteiger partial charge is 0.306 e. The molecular formula is C63H120O15. The van der Waals surface area contributed by atoms with Crippen LogP contribution < -0.4 is 0 Å². The van der Waals surface area contributed by atoms with Crippen LogP contribution >= 0.6 is 0 Å². The van der Waals surface area contributed by atoms with Crippen molar-refractivity contribution in [2.75, 3.05) is 106 Å². The second-order valence-corrected chi connectivity index (χ2v) is 23.7. The number of aliphatic carboxylic acids is 1. The van der Waals surface area contributed by atoms with Gasteiger partial charge in [0.1, 0.15) is 25.9 Å². The van der Waals surface area contributed by atoms with Gasteiger partial charge in [-0.2, -0.15) is 0 Å². The Bertz CT molecular complexity index is 1380. The Kier molecular flexibility index (Phi) is 52.2. The monoisotopic (exact) mass is 1120 g/mol. The summed E-state index contributed by atoms with van der Waals surface area (Å²) in [6.45, 7) is 28.7. The lowest BCUT2D eigenvalue weighted by molar-refractivity contribution is -0.154. The van der Waals surface area contributed by atoms with Gasteiger partial charge < -0.3 is 52.5 Å². The fourth-order valence-corrected chi connectivity index (χ4v) is 9.18. The van der Waals surface area contributed by atoms with E-state index in [-0.39, 0.29) is 64.8 Å². The topological polar surface area (TPSA) is 181 Å². The van der Waals surface area contributed by atoms with Crippen LogP contribution in [0.2, 0.25) is 0 Å². The van der Waals surface area contributed by atoms with Crippen LogP contribution in [-0.4, -0.2) is 141 Å². The summed E-state index contributed by atoms with van der Waals surface area (Å²) in [7, 11) is 0. The molecule has 0 fully saturated rings. The predicted molar refractivity (Wildman–Crippen MR) is 311 cm³/mol. The molecule has 0 rings (SSSR count). The van der Waals surface area contributed by atoms with Crippen LogP contribution in [0.5, 0.6) is 0 Å². The molecule has 0 saturated carbocycles. The molecule has 0 bridgehead atoms. The Morgan fingerprint density at radius 2 is 0.577 bits per heavy atom. The number of carboxylic acid groups (broad SMARTS) is 1. The highest BCUT2D eigenvalue weighted by molar-refractivity contribution is 5.77. The average Bonchev–Trinajstić information content (AvgIpc) is 3.38. The van der Waals surface area contributed by atoms with Crippen molar-refractivity contribution in [2.24, 2.45) is 47.3 Å². The molecule has 7 atom stereocenters. The van der Waals surface area contributed by atoms with Gasteiger partial charge in [-0.3, -0.25) is 19.2 Å². The minimum Gasteiger partial charge on any atom is -0.481 e. The minimum absolute atomic E-state index is 0.0608. The molecule has 0 aliphatic rings. The fraction of sp³-hybridized carbons (Fsp3) is 0.937. The van der Waals surface area contributed by atoms with E-state index in [0.717, 1.165) is 48.3 Å². The second-order valence-electron chi connectivity index (χ2n) is 23.7. The number of carbonyl (C=O) groups is 4. The van der Waals surface area contributed by atoms with E-state index in [1.54, 1.807) is 0 Å². The van der Waals surface area contributed by atoms with Crippen LogP contribution in [0.15, 0.2) is 0 Å². The molecule has 78 heavy (non-hydrogen) atoms. The molecule has 0 spiro atoms. The van der Waals surface area contributed by atoms with Crippen LogP contribution in [0.25, 0.3) is 0 Å². The lowest BCUT2D eigenvalue weighted by Crippen LogP contribution is -2.28. The van der Waals surface area contributed by atoms with Crippen molar-refractivity contribution in [3.05, 3.63) is 0 Å². The Hall–Kier alpha value is -2.40. The van der Waals surface area contributed by atoms with E-state index >= 15 is 0 Å². The summed E-state index contributed by atoms with van der Waals surface area (Å²) >= 11 is 0. The maximum Gasteiger partial charge on any atom is 0.306 e. The van der Waals surface area contributed by atoms with Crippen LogP contribution in [0.3, 0.4) is 0 Å². The van der Waals surface area contributed by atoms with Gasteiger partial charge in [-0.05, 0) is 60.2 Å². The Morgan fingerprint density at radius 3 is 0.910 bits per heavy atom. The van der Waals surface area contributed by atoms with Crippen LogP contribution in [0.4, 0.5) is 0 Å². The molecule has 0 aliphatic heterocycles. The first kappa shape index (κ1) is 75.6. The number of carboxylic acids is 1. The standard InChI is InChI=1S/C63H120O15/c1-51(2)17-11-19-53(5)21-13-23-55(7)25-15-27-57(9)33-35-74-49-59(75-36-34-58(10)28-16-26-56(8)24-14-22-54(6)20-12-18-52(3)4)50-78-63(68)32-31-62(67)77-48-46-73-44-42-71-40-38-69-37-39-70-41-43-72-45-47-76-61(66)30-29-60(64)65/h51-59H,11-50H2,1-10H3,(H,64,65). The normalized spacial score (nSPS) is 14.5. The lowest BCUT2D eigenvalue weighted by atomic mass is 9.91. The number of esters is 3. The van der Waals surface area contributed by atoms with E-state index < -0.39 is 23.9 Å². The minimum atomic E-state index is -1.04. The molecule has 0 amide bonds. The zero-order valence-electron chi connectivity index (χ0n) is 51.6. The van der Waals surface area contributed by atoms with Crippen molar-refractivity contribution in [1.29, 1.82) is 0 Å². The molecule has 0 aliphatic carbocycles. The molecule has 0 radical (unpaired) electrons. The molecule has 0 aromatic heterocycles. The molecule has 0 heterocycles. The van der Waals surface area contributed by atoms with Gasteiger partial charge in [0.05, 0.1) is 98.4 Å². The molecule has 15 nitrogen and oxygen atoms in total. The third-order valence-corrected chi connectivity index (χ3v) is 14.5. The van der Waals surface area contributed by atoms with Gasteiger partial charge in [-0.25, -0.2) is 0 Å². The first-order chi connectivity index (χ1) is 37.5. The van der Waals surface area contributed by atoms with Crippen LogP contribution in [0, 0.1) is 47.3 Å². The quantitative estimate of drug-likeness (QED) is 0.0345. The van der Waals surface area contributed by atoms with Gasteiger partial charge in [0.2, 0.25) is 0 Å². The summed E-state index contributed by atoms with van der Waals surface area (Å²) in [6.07, 6.45) is 24.6. The maximum atomic E-state index is 12.8. The van der Waals surface area contributed by atoms with Gasteiger partial charge in [0, 0.05) is 13.2 Å². The van der Waals surface area contributed by atoms with Crippen LogP contribution in [-0.2, 0) is 66.5 Å². The summed E-state index contributed by atoms with van der Waals surface area (Å²) in [6, 6.07) is 0. The van der Waals surface area contributed by atoms with Gasteiger partial charge in [0.15, 0.2) is 0 Å². The van der Waals surface area contributed by atoms with Gasteiger partial charge in [-0.1, -0.05) is 185 Å². The second kappa shape index (κ2) is 53.9. The van der Waals surface area contributed by atoms with Crippen LogP contribution in [0.1, 0.15) is 223 Å². The summed E-state index contributed by atoms with van der Waals surface area (Å²) in [4.78, 5) is 46.9. The SMILES string of the molecule is CC(C)CCCC(C)CCCC(C)CCCC(C)CCOCC(COC(=O)CCC(=O)OCCOCCOCCOCCOCCOCCOC(=O)CCC(=O)O)OCCC(C)CCCC(C)CCCC(C)CCCC(C)C. The van der Waals surface area contributed by atoms with Crippen molar-refractivity contribution < 1.29 is 71.7 Å². The van der Waals surface area contributed by atoms with Crippen molar-refractivity contribution in [3.63, 3.8) is 0 Å². The first-order valence-electron chi connectivity index (χ1n) is 31.2.